The fourth-order valence-electron chi connectivity index (χ4n) is 3.13. The van der Waals surface area contributed by atoms with E-state index in [2.05, 4.69) is 30.9 Å². The first-order chi connectivity index (χ1) is 11.0. The molecule has 1 aliphatic heterocycles. The minimum atomic E-state index is -0.647. The topological polar surface area (TPSA) is 41.9 Å². The van der Waals surface area contributed by atoms with Crippen molar-refractivity contribution in [3.05, 3.63) is 65.2 Å². The molecule has 1 unspecified atom stereocenters. The van der Waals surface area contributed by atoms with Crippen molar-refractivity contribution in [2.24, 2.45) is 0 Å². The molecule has 0 fully saturated rings. The normalized spacial score (nSPS) is 18.0. The van der Waals surface area contributed by atoms with Crippen LogP contribution < -0.4 is 4.74 Å². The highest BCUT2D eigenvalue weighted by Crippen LogP contribution is 2.42. The molecular formula is C19H23NO3. The Labute approximate surface area is 137 Å². The van der Waals surface area contributed by atoms with Gasteiger partial charge in [0.05, 0.1) is 0 Å². The van der Waals surface area contributed by atoms with Gasteiger partial charge in [-0.2, -0.15) is 0 Å². The van der Waals surface area contributed by atoms with Crippen molar-refractivity contribution < 1.29 is 14.6 Å². The third-order valence-electron chi connectivity index (χ3n) is 4.57. The highest BCUT2D eigenvalue weighted by atomic mass is 16.7. The van der Waals surface area contributed by atoms with Crippen molar-refractivity contribution in [3.63, 3.8) is 0 Å². The molecule has 1 N–H and O–H groups in total. The number of rotatable bonds is 5. The van der Waals surface area contributed by atoms with Gasteiger partial charge in [0, 0.05) is 24.8 Å². The summed E-state index contributed by atoms with van der Waals surface area (Å²) in [5.41, 5.74) is 2.95. The van der Waals surface area contributed by atoms with Gasteiger partial charge in [-0.3, -0.25) is 4.90 Å². The van der Waals surface area contributed by atoms with Crippen LogP contribution in [0.4, 0.5) is 0 Å². The molecule has 23 heavy (non-hydrogen) atoms. The third-order valence-corrected chi connectivity index (χ3v) is 4.57. The minimum absolute atomic E-state index is 0.202. The minimum Gasteiger partial charge on any atom is -0.468 e. The summed E-state index contributed by atoms with van der Waals surface area (Å²) < 4.78 is 10.4. The summed E-state index contributed by atoms with van der Waals surface area (Å²) in [6, 6.07) is 16.1. The number of methoxy groups -OCH3 is 1. The Hall–Kier alpha value is -1.88. The number of nitrogens with zero attached hydrogens (tertiary/aromatic N) is 1. The van der Waals surface area contributed by atoms with Gasteiger partial charge in [-0.25, -0.2) is 0 Å². The molecule has 4 nitrogen and oxygen atoms in total. The van der Waals surface area contributed by atoms with Gasteiger partial charge in [0.15, 0.2) is 6.79 Å². The molecule has 0 saturated heterocycles. The molecule has 0 saturated carbocycles. The molecule has 0 aromatic heterocycles. The number of hydrogen-bond donors (Lipinski definition) is 1. The first-order valence-electron chi connectivity index (χ1n) is 7.79. The zero-order valence-corrected chi connectivity index (χ0v) is 13.8. The largest absolute Gasteiger partial charge is 0.468 e. The maximum absolute atomic E-state index is 10.8. The third kappa shape index (κ3) is 2.98. The van der Waals surface area contributed by atoms with Crippen molar-refractivity contribution in [2.75, 3.05) is 13.9 Å². The van der Waals surface area contributed by atoms with Gasteiger partial charge in [0.1, 0.15) is 12.0 Å². The van der Waals surface area contributed by atoms with E-state index in [1.165, 1.54) is 5.56 Å². The van der Waals surface area contributed by atoms with Crippen LogP contribution in [0.15, 0.2) is 48.5 Å². The lowest BCUT2D eigenvalue weighted by atomic mass is 9.92. The monoisotopic (exact) mass is 313 g/mol. The van der Waals surface area contributed by atoms with Crippen LogP contribution in [-0.2, 0) is 16.8 Å². The zero-order chi connectivity index (χ0) is 16.4. The average Bonchev–Trinajstić information content (AvgIpc) is 2.91. The Balaban J connectivity index is 1.87. The summed E-state index contributed by atoms with van der Waals surface area (Å²) in [5.74, 6) is 0.712. The second-order valence-electron chi connectivity index (χ2n) is 6.34. The Morgan fingerprint density at radius 1 is 1.17 bits per heavy atom. The molecule has 0 aliphatic carbocycles. The van der Waals surface area contributed by atoms with Gasteiger partial charge in [0.2, 0.25) is 0 Å². The molecule has 0 radical (unpaired) electrons. The van der Waals surface area contributed by atoms with E-state index in [9.17, 15) is 5.11 Å². The van der Waals surface area contributed by atoms with Crippen molar-refractivity contribution >= 4 is 0 Å². The van der Waals surface area contributed by atoms with Crippen LogP contribution in [-0.4, -0.2) is 23.9 Å². The molecule has 3 rings (SSSR count). The van der Waals surface area contributed by atoms with Crippen molar-refractivity contribution in [1.29, 1.82) is 0 Å². The molecule has 122 valence electrons. The van der Waals surface area contributed by atoms with Crippen LogP contribution in [0.2, 0.25) is 0 Å². The molecule has 2 aromatic rings. The number of aliphatic hydroxyl groups excluding tert-OH is 1. The molecule has 1 aliphatic rings. The smallest absolute Gasteiger partial charge is 0.188 e. The molecule has 0 amide bonds. The van der Waals surface area contributed by atoms with E-state index >= 15 is 0 Å². The Kier molecular flexibility index (Phi) is 4.39. The number of benzene rings is 2. The molecule has 1 atom stereocenters. The van der Waals surface area contributed by atoms with E-state index in [1.807, 2.05) is 36.4 Å². The Morgan fingerprint density at radius 3 is 2.61 bits per heavy atom. The lowest BCUT2D eigenvalue weighted by molar-refractivity contribution is -0.0534. The average molecular weight is 313 g/mol. The maximum Gasteiger partial charge on any atom is 0.188 e. The Bertz CT molecular complexity index is 670. The van der Waals surface area contributed by atoms with E-state index < -0.39 is 6.23 Å². The second-order valence-corrected chi connectivity index (χ2v) is 6.34. The first kappa shape index (κ1) is 16.0. The lowest BCUT2D eigenvalue weighted by Gasteiger charge is -2.38. The fourth-order valence-corrected chi connectivity index (χ4v) is 3.13. The Morgan fingerprint density at radius 2 is 1.91 bits per heavy atom. The number of aliphatic hydroxyl groups is 1. The van der Waals surface area contributed by atoms with Crippen LogP contribution in [0.3, 0.4) is 0 Å². The standard InChI is InChI=1S/C19H23NO3/c1-19(2,15-7-5-4-6-8-15)20-12-14-9-10-16(23-13-22-3)11-17(14)18(20)21/h4-11,18,21H,12-13H2,1-3H3. The van der Waals surface area contributed by atoms with Gasteiger partial charge < -0.3 is 14.6 Å². The molecule has 0 bridgehead atoms. The number of ether oxygens (including phenoxy) is 2. The van der Waals surface area contributed by atoms with E-state index in [1.54, 1.807) is 7.11 Å². The summed E-state index contributed by atoms with van der Waals surface area (Å²) in [4.78, 5) is 2.10. The van der Waals surface area contributed by atoms with E-state index in [0.29, 0.717) is 12.3 Å². The highest BCUT2D eigenvalue weighted by Gasteiger charge is 2.39. The van der Waals surface area contributed by atoms with Crippen molar-refractivity contribution in [3.8, 4) is 5.75 Å². The van der Waals surface area contributed by atoms with Crippen LogP contribution in [0.5, 0.6) is 5.75 Å². The van der Waals surface area contributed by atoms with Crippen molar-refractivity contribution in [2.45, 2.75) is 32.2 Å². The quantitative estimate of drug-likeness (QED) is 0.859. The second kappa shape index (κ2) is 6.32. The predicted octanol–water partition coefficient (Wildman–Crippen LogP) is 3.41. The maximum atomic E-state index is 10.8. The molecule has 4 heteroatoms. The van der Waals surface area contributed by atoms with E-state index in [0.717, 1.165) is 11.1 Å². The predicted molar refractivity (Wildman–Crippen MR) is 88.9 cm³/mol. The van der Waals surface area contributed by atoms with Crippen LogP contribution in [0, 0.1) is 0 Å². The van der Waals surface area contributed by atoms with Gasteiger partial charge in [0.25, 0.3) is 0 Å². The number of hydrogen-bond acceptors (Lipinski definition) is 4. The molecular weight excluding hydrogens is 290 g/mol. The van der Waals surface area contributed by atoms with Crippen LogP contribution in [0.25, 0.3) is 0 Å². The van der Waals surface area contributed by atoms with E-state index in [-0.39, 0.29) is 12.3 Å². The van der Waals surface area contributed by atoms with Crippen molar-refractivity contribution in [1.82, 2.24) is 4.90 Å². The zero-order valence-electron chi connectivity index (χ0n) is 13.8. The van der Waals surface area contributed by atoms with Gasteiger partial charge in [-0.1, -0.05) is 36.4 Å². The van der Waals surface area contributed by atoms with Gasteiger partial charge in [-0.05, 0) is 37.1 Å². The van der Waals surface area contributed by atoms with Gasteiger partial charge in [-0.15, -0.1) is 0 Å². The van der Waals surface area contributed by atoms with Crippen LogP contribution in [0.1, 0.15) is 36.8 Å². The molecule has 1 heterocycles. The van der Waals surface area contributed by atoms with Crippen LogP contribution >= 0.6 is 0 Å². The summed E-state index contributed by atoms with van der Waals surface area (Å²) in [7, 11) is 1.59. The SMILES string of the molecule is COCOc1ccc2c(c1)C(O)N(C(C)(C)c1ccccc1)C2. The summed E-state index contributed by atoms with van der Waals surface area (Å²) in [6.07, 6.45) is -0.647. The number of fused-ring (bicyclic) bond motifs is 1. The summed E-state index contributed by atoms with van der Waals surface area (Å²) >= 11 is 0. The molecule has 0 spiro atoms. The fraction of sp³-hybridized carbons (Fsp3) is 0.368. The molecule has 2 aromatic carbocycles. The lowest BCUT2D eigenvalue weighted by Crippen LogP contribution is -2.40. The summed E-state index contributed by atoms with van der Waals surface area (Å²) in [5, 5.41) is 10.8. The highest BCUT2D eigenvalue weighted by molar-refractivity contribution is 5.40. The summed E-state index contributed by atoms with van der Waals surface area (Å²) in [6.45, 7) is 5.19. The van der Waals surface area contributed by atoms with Gasteiger partial charge >= 0.3 is 0 Å². The first-order valence-corrected chi connectivity index (χ1v) is 7.79. The van der Waals surface area contributed by atoms with E-state index in [4.69, 9.17) is 9.47 Å².